The van der Waals surface area contributed by atoms with Crippen LogP contribution in [-0.4, -0.2) is 66.3 Å². The maximum Gasteiger partial charge on any atom is 0.393 e. The first kappa shape index (κ1) is 25.3. The van der Waals surface area contributed by atoms with Crippen molar-refractivity contribution in [1.29, 1.82) is 5.26 Å². The fourth-order valence-electron chi connectivity index (χ4n) is 4.87. The lowest BCUT2D eigenvalue weighted by Gasteiger charge is -2.42. The highest BCUT2D eigenvalue weighted by atomic mass is 19.4. The van der Waals surface area contributed by atoms with E-state index in [1.807, 2.05) is 9.80 Å². The van der Waals surface area contributed by atoms with E-state index in [2.05, 4.69) is 22.6 Å². The van der Waals surface area contributed by atoms with Crippen LogP contribution in [0.2, 0.25) is 0 Å². The second kappa shape index (κ2) is 10.4. The van der Waals surface area contributed by atoms with Crippen LogP contribution in [0.5, 0.6) is 6.01 Å². The van der Waals surface area contributed by atoms with E-state index in [1.165, 1.54) is 19.3 Å². The summed E-state index contributed by atoms with van der Waals surface area (Å²) in [7, 11) is 1.46. The molecule has 3 heterocycles. The van der Waals surface area contributed by atoms with Crippen LogP contribution in [0.1, 0.15) is 23.2 Å². The monoisotopic (exact) mass is 500 g/mol. The summed E-state index contributed by atoms with van der Waals surface area (Å²) in [5, 5.41) is 9.30. The second-order valence-corrected chi connectivity index (χ2v) is 8.75. The smallest absolute Gasteiger partial charge is 0.393 e. The lowest BCUT2D eigenvalue weighted by molar-refractivity contribution is -0.129. The number of halogens is 3. The maximum atomic E-state index is 13.2. The van der Waals surface area contributed by atoms with Crippen LogP contribution < -0.4 is 14.5 Å². The third-order valence-electron chi connectivity index (χ3n) is 6.50. The zero-order valence-corrected chi connectivity index (χ0v) is 20.0. The highest BCUT2D eigenvalue weighted by Crippen LogP contribution is 2.34. The molecule has 190 valence electrons. The molecule has 1 amide bonds. The van der Waals surface area contributed by atoms with Gasteiger partial charge in [-0.3, -0.25) is 4.79 Å². The molecular formula is C25H27F3N6O2. The number of aromatic nitrogens is 2. The molecule has 1 saturated heterocycles. The summed E-state index contributed by atoms with van der Waals surface area (Å²) >= 11 is 0. The Labute approximate surface area is 207 Å². The van der Waals surface area contributed by atoms with E-state index >= 15 is 0 Å². The molecule has 4 rings (SSSR count). The number of piperazine rings is 1. The first-order valence-corrected chi connectivity index (χ1v) is 11.6. The lowest BCUT2D eigenvalue weighted by atomic mass is 10.0. The quantitative estimate of drug-likeness (QED) is 0.563. The van der Waals surface area contributed by atoms with E-state index in [0.29, 0.717) is 56.3 Å². The largest absolute Gasteiger partial charge is 0.467 e. The molecule has 2 aliphatic rings. The first-order valence-electron chi connectivity index (χ1n) is 11.6. The van der Waals surface area contributed by atoms with Gasteiger partial charge >= 0.3 is 12.2 Å². The molecule has 0 aliphatic carbocycles. The Morgan fingerprint density at radius 2 is 2.03 bits per heavy atom. The van der Waals surface area contributed by atoms with Gasteiger partial charge in [0.2, 0.25) is 5.91 Å². The van der Waals surface area contributed by atoms with E-state index in [0.717, 1.165) is 5.56 Å². The predicted octanol–water partition coefficient (Wildman–Crippen LogP) is 3.27. The zero-order valence-electron chi connectivity index (χ0n) is 20.0. The molecule has 1 aromatic carbocycles. The van der Waals surface area contributed by atoms with Crippen LogP contribution in [0.25, 0.3) is 0 Å². The van der Waals surface area contributed by atoms with Crippen molar-refractivity contribution in [2.75, 3.05) is 43.1 Å². The third-order valence-corrected chi connectivity index (χ3v) is 6.50. The Kier molecular flexibility index (Phi) is 7.33. The van der Waals surface area contributed by atoms with E-state index in [-0.39, 0.29) is 29.9 Å². The van der Waals surface area contributed by atoms with Crippen LogP contribution in [0.15, 0.2) is 36.9 Å². The van der Waals surface area contributed by atoms with E-state index < -0.39 is 12.6 Å². The SMILES string of the molecule is C=CC(=O)N1CCN(c2nc(OC)nc3c2CCN(c2ccccc2CC(F)(F)F)C3)CC1CC#N. The molecule has 0 N–H and O–H groups in total. The van der Waals surface area contributed by atoms with Gasteiger partial charge in [-0.1, -0.05) is 24.8 Å². The summed E-state index contributed by atoms with van der Waals surface area (Å²) in [6, 6.07) is 8.54. The molecule has 2 aliphatic heterocycles. The molecule has 0 saturated carbocycles. The van der Waals surface area contributed by atoms with Crippen LogP contribution in [0.4, 0.5) is 24.7 Å². The number of benzene rings is 1. The molecule has 0 radical (unpaired) electrons. The third kappa shape index (κ3) is 5.37. The molecule has 1 unspecified atom stereocenters. The van der Waals surface area contributed by atoms with E-state index in [4.69, 9.17) is 4.74 Å². The molecule has 1 atom stereocenters. The van der Waals surface area contributed by atoms with E-state index in [1.54, 1.807) is 23.1 Å². The van der Waals surface area contributed by atoms with Crippen LogP contribution in [-0.2, 0) is 24.2 Å². The summed E-state index contributed by atoms with van der Waals surface area (Å²) in [5.41, 5.74) is 2.34. The van der Waals surface area contributed by atoms with E-state index in [9.17, 15) is 23.2 Å². The average Bonchev–Trinajstić information content (AvgIpc) is 2.86. The number of hydrogen-bond donors (Lipinski definition) is 0. The number of alkyl halides is 3. The molecular weight excluding hydrogens is 473 g/mol. The van der Waals surface area contributed by atoms with Crippen molar-refractivity contribution in [2.24, 2.45) is 0 Å². The number of methoxy groups -OCH3 is 1. The first-order chi connectivity index (χ1) is 17.2. The van der Waals surface area contributed by atoms with Gasteiger partial charge < -0.3 is 19.4 Å². The van der Waals surface area contributed by atoms with Crippen LogP contribution >= 0.6 is 0 Å². The summed E-state index contributed by atoms with van der Waals surface area (Å²) in [5.74, 6) is 0.457. The summed E-state index contributed by atoms with van der Waals surface area (Å²) in [4.78, 5) is 27.0. The number of fused-ring (bicyclic) bond motifs is 1. The van der Waals surface area contributed by atoms with Gasteiger partial charge in [-0.05, 0) is 24.1 Å². The van der Waals surface area contributed by atoms with Gasteiger partial charge in [-0.2, -0.15) is 28.4 Å². The highest BCUT2D eigenvalue weighted by molar-refractivity contribution is 5.87. The van der Waals surface area contributed by atoms with Crippen molar-refractivity contribution in [1.82, 2.24) is 14.9 Å². The molecule has 36 heavy (non-hydrogen) atoms. The number of nitrogens with zero attached hydrogens (tertiary/aromatic N) is 6. The Morgan fingerprint density at radius 3 is 2.72 bits per heavy atom. The number of para-hydroxylation sites is 1. The number of carbonyl (C=O) groups is 1. The van der Waals surface area contributed by atoms with Crippen molar-refractivity contribution in [3.63, 3.8) is 0 Å². The summed E-state index contributed by atoms with van der Waals surface area (Å²) < 4.78 is 44.8. The maximum absolute atomic E-state index is 13.2. The predicted molar refractivity (Wildman–Crippen MR) is 128 cm³/mol. The number of carbonyl (C=O) groups excluding carboxylic acids is 1. The zero-order chi connectivity index (χ0) is 25.9. The Hall–Kier alpha value is -3.81. The van der Waals surface area contributed by atoms with Crippen LogP contribution in [0.3, 0.4) is 0 Å². The van der Waals surface area contributed by atoms with Gasteiger partial charge in [0.1, 0.15) is 5.82 Å². The van der Waals surface area contributed by atoms with Crippen molar-refractivity contribution in [3.05, 3.63) is 53.7 Å². The van der Waals surface area contributed by atoms with Crippen molar-refractivity contribution in [2.45, 2.75) is 38.0 Å². The molecule has 0 spiro atoms. The molecule has 0 bridgehead atoms. The number of hydrogen-bond acceptors (Lipinski definition) is 7. The average molecular weight is 501 g/mol. The van der Waals surface area contributed by atoms with Crippen molar-refractivity contribution in [3.8, 4) is 12.1 Å². The van der Waals surface area contributed by atoms with Gasteiger partial charge in [0.05, 0.1) is 44.3 Å². The van der Waals surface area contributed by atoms with Gasteiger partial charge in [0.15, 0.2) is 0 Å². The topological polar surface area (TPSA) is 85.6 Å². The second-order valence-electron chi connectivity index (χ2n) is 8.75. The molecule has 8 nitrogen and oxygen atoms in total. The minimum Gasteiger partial charge on any atom is -0.467 e. The Balaban J connectivity index is 1.64. The molecule has 1 aromatic heterocycles. The number of anilines is 2. The summed E-state index contributed by atoms with van der Waals surface area (Å²) in [6.45, 7) is 5.70. The van der Waals surface area contributed by atoms with Gasteiger partial charge in [-0.15, -0.1) is 0 Å². The summed E-state index contributed by atoms with van der Waals surface area (Å²) in [6.07, 6.45) is -3.36. The fraction of sp³-hybridized carbons (Fsp3) is 0.440. The Bertz CT molecular complexity index is 1180. The fourth-order valence-corrected chi connectivity index (χ4v) is 4.87. The molecule has 2 aromatic rings. The normalized spacial score (nSPS) is 17.9. The molecule has 11 heteroatoms. The molecule has 1 fully saturated rings. The number of rotatable bonds is 6. The van der Waals surface area contributed by atoms with Crippen molar-refractivity contribution >= 4 is 17.4 Å². The van der Waals surface area contributed by atoms with Gasteiger partial charge in [-0.25, -0.2) is 0 Å². The minimum atomic E-state index is -4.31. The van der Waals surface area contributed by atoms with Gasteiger partial charge in [0, 0.05) is 37.4 Å². The Morgan fingerprint density at radius 1 is 1.25 bits per heavy atom. The minimum absolute atomic E-state index is 0.163. The van der Waals surface area contributed by atoms with Crippen LogP contribution in [0, 0.1) is 11.3 Å². The standard InChI is InChI=1S/C25H27F3N6O2/c1-3-22(35)34-13-12-33(15-18(34)8-10-29)23-19-9-11-32(16-20(19)30-24(31-23)36-2)21-7-5-4-6-17(21)14-25(26,27)28/h3-7,18H,1,8-9,11-16H2,2H3. The number of amides is 1. The highest BCUT2D eigenvalue weighted by Gasteiger charge is 2.34. The van der Waals surface area contributed by atoms with Gasteiger partial charge in [0.25, 0.3) is 0 Å². The van der Waals surface area contributed by atoms with Crippen molar-refractivity contribution < 1.29 is 22.7 Å². The number of ether oxygens (including phenoxy) is 1. The number of nitriles is 1. The lowest BCUT2D eigenvalue weighted by Crippen LogP contribution is -2.55.